The number of benzene rings is 2. The van der Waals surface area contributed by atoms with Crippen LogP contribution in [0.1, 0.15) is 5.56 Å². The highest BCUT2D eigenvalue weighted by molar-refractivity contribution is 5.96. The number of amides is 1. The molecule has 2 N–H and O–H groups in total. The Labute approximate surface area is 175 Å². The summed E-state index contributed by atoms with van der Waals surface area (Å²) in [6.45, 7) is 0. The van der Waals surface area contributed by atoms with Gasteiger partial charge in [0.2, 0.25) is 5.91 Å². The van der Waals surface area contributed by atoms with Crippen molar-refractivity contribution in [1.82, 2.24) is 14.8 Å². The number of para-hydroxylation sites is 1. The van der Waals surface area contributed by atoms with Crippen LogP contribution in [-0.4, -0.2) is 34.8 Å². The maximum absolute atomic E-state index is 12.6. The third-order valence-corrected chi connectivity index (χ3v) is 4.93. The number of aryl methyl sites for hydroxylation is 1. The van der Waals surface area contributed by atoms with Gasteiger partial charge in [-0.1, -0.05) is 18.2 Å². The average molecular weight is 400 g/mol. The lowest BCUT2D eigenvalue weighted by Gasteiger charge is -2.13. The zero-order chi connectivity index (χ0) is 21.1. The Bertz CT molecular complexity index is 1180. The van der Waals surface area contributed by atoms with E-state index >= 15 is 0 Å². The summed E-state index contributed by atoms with van der Waals surface area (Å²) in [5.74, 6) is 0.616. The molecule has 0 bridgehead atoms. The molecule has 152 valence electrons. The second kappa shape index (κ2) is 8.24. The van der Waals surface area contributed by atoms with Crippen LogP contribution in [0.15, 0.2) is 67.0 Å². The average Bonchev–Trinajstić information content (AvgIpc) is 3.05. The van der Waals surface area contributed by atoms with Gasteiger partial charge in [0.15, 0.2) is 5.82 Å². The number of nitrogens with one attached hydrogen (secondary N) is 2. The van der Waals surface area contributed by atoms with Crippen molar-refractivity contribution < 1.29 is 4.79 Å². The van der Waals surface area contributed by atoms with E-state index < -0.39 is 0 Å². The number of rotatable bonds is 6. The summed E-state index contributed by atoms with van der Waals surface area (Å²) in [7, 11) is 5.90. The number of carbonyl (C=O) groups is 1. The van der Waals surface area contributed by atoms with Gasteiger partial charge in [0, 0.05) is 55.7 Å². The fraction of sp³-hybridized carbons (Fsp3) is 0.174. The predicted molar refractivity (Wildman–Crippen MR) is 121 cm³/mol. The number of carbonyl (C=O) groups excluding carboxylic acids is 1. The van der Waals surface area contributed by atoms with E-state index in [1.807, 2.05) is 85.3 Å². The molecule has 7 nitrogen and oxygen atoms in total. The first-order valence-electron chi connectivity index (χ1n) is 9.69. The largest absolute Gasteiger partial charge is 0.376 e. The molecule has 0 aliphatic heterocycles. The van der Waals surface area contributed by atoms with Gasteiger partial charge in [-0.2, -0.15) is 5.10 Å². The fourth-order valence-corrected chi connectivity index (χ4v) is 3.39. The van der Waals surface area contributed by atoms with Gasteiger partial charge in [0.05, 0.1) is 18.3 Å². The predicted octanol–water partition coefficient (Wildman–Crippen LogP) is 3.96. The maximum Gasteiger partial charge on any atom is 0.228 e. The molecule has 0 spiro atoms. The molecule has 1 amide bonds. The molecular formula is C23H24N6O. The van der Waals surface area contributed by atoms with Crippen molar-refractivity contribution in [2.45, 2.75) is 6.42 Å². The molecule has 4 rings (SSSR count). The molecule has 7 heteroatoms. The van der Waals surface area contributed by atoms with Crippen LogP contribution in [-0.2, 0) is 18.3 Å². The molecule has 2 aromatic carbocycles. The summed E-state index contributed by atoms with van der Waals surface area (Å²) in [6.07, 6.45) is 4.05. The van der Waals surface area contributed by atoms with Gasteiger partial charge in [-0.05, 0) is 35.9 Å². The number of fused-ring (bicyclic) bond motifs is 1. The molecule has 0 saturated heterocycles. The van der Waals surface area contributed by atoms with Crippen molar-refractivity contribution in [3.05, 3.63) is 72.6 Å². The normalized spacial score (nSPS) is 10.8. The van der Waals surface area contributed by atoms with Gasteiger partial charge >= 0.3 is 0 Å². The maximum atomic E-state index is 12.6. The Morgan fingerprint density at radius 3 is 2.57 bits per heavy atom. The highest BCUT2D eigenvalue weighted by Crippen LogP contribution is 2.22. The van der Waals surface area contributed by atoms with Crippen LogP contribution in [0.5, 0.6) is 0 Å². The highest BCUT2D eigenvalue weighted by atomic mass is 16.1. The summed E-state index contributed by atoms with van der Waals surface area (Å²) in [4.78, 5) is 14.5. The van der Waals surface area contributed by atoms with Crippen LogP contribution in [0.4, 0.5) is 22.9 Å². The van der Waals surface area contributed by atoms with Crippen LogP contribution in [0.25, 0.3) is 10.9 Å². The molecule has 4 aromatic rings. The van der Waals surface area contributed by atoms with Crippen molar-refractivity contribution in [3.8, 4) is 0 Å². The van der Waals surface area contributed by atoms with Crippen LogP contribution < -0.4 is 15.5 Å². The molecule has 0 atom stereocenters. The van der Waals surface area contributed by atoms with E-state index in [2.05, 4.69) is 26.9 Å². The standard InChI is InChI=1S/C23H24N6O/c1-28(2)19-13-22(27-24-14-19)25-17-8-10-18(11-9-17)26-23(30)12-16-15-29(3)21-7-5-4-6-20(16)21/h4-11,13-15H,12H2,1-3H3,(H,25,27)(H,26,30). The molecule has 0 saturated carbocycles. The molecule has 0 aliphatic carbocycles. The molecule has 0 aliphatic rings. The van der Waals surface area contributed by atoms with Crippen molar-refractivity contribution in [3.63, 3.8) is 0 Å². The highest BCUT2D eigenvalue weighted by Gasteiger charge is 2.11. The number of anilines is 4. The molecule has 2 heterocycles. The summed E-state index contributed by atoms with van der Waals surface area (Å²) >= 11 is 0. The van der Waals surface area contributed by atoms with Crippen LogP contribution in [0, 0.1) is 0 Å². The van der Waals surface area contributed by atoms with Gasteiger partial charge in [-0.3, -0.25) is 4.79 Å². The van der Waals surface area contributed by atoms with Crippen molar-refractivity contribution in [2.24, 2.45) is 7.05 Å². The van der Waals surface area contributed by atoms with Crippen LogP contribution in [0.3, 0.4) is 0 Å². The number of hydrogen-bond acceptors (Lipinski definition) is 5. The summed E-state index contributed by atoms with van der Waals surface area (Å²) in [6, 6.07) is 17.6. The number of hydrogen-bond donors (Lipinski definition) is 2. The SMILES string of the molecule is CN(C)c1cnnc(Nc2ccc(NC(=O)Cc3cn(C)c4ccccc34)cc2)c1. The quantitative estimate of drug-likeness (QED) is 0.512. The summed E-state index contributed by atoms with van der Waals surface area (Å²) < 4.78 is 2.05. The van der Waals surface area contributed by atoms with Gasteiger partial charge in [0.1, 0.15) is 0 Å². The minimum atomic E-state index is -0.0448. The topological polar surface area (TPSA) is 75.1 Å². The third kappa shape index (κ3) is 4.25. The second-order valence-corrected chi connectivity index (χ2v) is 7.40. The van der Waals surface area contributed by atoms with E-state index in [-0.39, 0.29) is 5.91 Å². The fourth-order valence-electron chi connectivity index (χ4n) is 3.39. The number of aromatic nitrogens is 3. The van der Waals surface area contributed by atoms with Crippen molar-refractivity contribution in [1.29, 1.82) is 0 Å². The Morgan fingerprint density at radius 2 is 1.80 bits per heavy atom. The zero-order valence-electron chi connectivity index (χ0n) is 17.3. The molecule has 0 unspecified atom stereocenters. The Hall–Kier alpha value is -3.87. The molecular weight excluding hydrogens is 376 g/mol. The van der Waals surface area contributed by atoms with Crippen molar-refractivity contribution >= 4 is 39.7 Å². The van der Waals surface area contributed by atoms with Crippen molar-refractivity contribution in [2.75, 3.05) is 29.6 Å². The Balaban J connectivity index is 1.40. The third-order valence-electron chi connectivity index (χ3n) is 4.93. The Morgan fingerprint density at radius 1 is 1.07 bits per heavy atom. The van der Waals surface area contributed by atoms with Crippen LogP contribution >= 0.6 is 0 Å². The first-order chi connectivity index (χ1) is 14.5. The first kappa shape index (κ1) is 19.4. The van der Waals surface area contributed by atoms with Gasteiger partial charge in [-0.15, -0.1) is 5.10 Å². The van der Waals surface area contributed by atoms with Gasteiger partial charge < -0.3 is 20.1 Å². The van der Waals surface area contributed by atoms with E-state index in [0.29, 0.717) is 12.2 Å². The Kier molecular flexibility index (Phi) is 5.34. The molecule has 0 fully saturated rings. The lowest BCUT2D eigenvalue weighted by molar-refractivity contribution is -0.115. The zero-order valence-corrected chi connectivity index (χ0v) is 17.3. The molecule has 0 radical (unpaired) electrons. The van der Waals surface area contributed by atoms with E-state index in [9.17, 15) is 4.79 Å². The van der Waals surface area contributed by atoms with E-state index in [0.717, 1.165) is 33.5 Å². The van der Waals surface area contributed by atoms with Gasteiger partial charge in [0.25, 0.3) is 0 Å². The van der Waals surface area contributed by atoms with E-state index in [1.54, 1.807) is 6.20 Å². The van der Waals surface area contributed by atoms with E-state index in [1.165, 1.54) is 0 Å². The van der Waals surface area contributed by atoms with Gasteiger partial charge in [-0.25, -0.2) is 0 Å². The minimum Gasteiger partial charge on any atom is -0.376 e. The summed E-state index contributed by atoms with van der Waals surface area (Å²) in [5, 5.41) is 15.4. The molecule has 2 aromatic heterocycles. The summed E-state index contributed by atoms with van der Waals surface area (Å²) in [5.41, 5.74) is 4.72. The second-order valence-electron chi connectivity index (χ2n) is 7.40. The first-order valence-corrected chi connectivity index (χ1v) is 9.69. The molecule has 30 heavy (non-hydrogen) atoms. The number of nitrogens with zero attached hydrogens (tertiary/aromatic N) is 4. The smallest absolute Gasteiger partial charge is 0.228 e. The van der Waals surface area contributed by atoms with Crippen LogP contribution in [0.2, 0.25) is 0 Å². The monoisotopic (exact) mass is 400 g/mol. The minimum absolute atomic E-state index is 0.0448. The lowest BCUT2D eigenvalue weighted by atomic mass is 10.1. The van der Waals surface area contributed by atoms with E-state index in [4.69, 9.17) is 0 Å². The lowest BCUT2D eigenvalue weighted by Crippen LogP contribution is -2.14.